The molecule has 0 radical (unpaired) electrons. The Labute approximate surface area is 112 Å². The molecule has 0 aliphatic rings. The quantitative estimate of drug-likeness (QED) is 0.517. The molecule has 18 heavy (non-hydrogen) atoms. The fraction of sp³-hybridized carbons (Fsp3) is 0.923. The van der Waals surface area contributed by atoms with Gasteiger partial charge in [0.15, 0.2) is 0 Å². The molecular weight excluding hydrogens is 252 g/mol. The summed E-state index contributed by atoms with van der Waals surface area (Å²) in [5.41, 5.74) is 0. The van der Waals surface area contributed by atoms with Crippen molar-refractivity contribution < 1.29 is 17.8 Å². The van der Waals surface area contributed by atoms with E-state index >= 15 is 0 Å². The summed E-state index contributed by atoms with van der Waals surface area (Å²) in [5, 5.41) is 0. The molecule has 1 N–H and O–H groups in total. The average molecular weight is 280 g/mol. The van der Waals surface area contributed by atoms with Crippen LogP contribution in [0.2, 0.25) is 0 Å². The van der Waals surface area contributed by atoms with Crippen LogP contribution >= 0.6 is 0 Å². The van der Waals surface area contributed by atoms with Crippen LogP contribution in [0.5, 0.6) is 0 Å². The summed E-state index contributed by atoms with van der Waals surface area (Å²) in [6.07, 6.45) is 9.18. The largest absolute Gasteiger partial charge is 0.300 e. The van der Waals surface area contributed by atoms with E-state index in [0.29, 0.717) is 5.78 Å². The van der Waals surface area contributed by atoms with Gasteiger partial charge in [-0.1, -0.05) is 46.0 Å². The highest BCUT2D eigenvalue weighted by Gasteiger charge is 1.96. The molecule has 0 unspecified atom stereocenters. The maximum Gasteiger partial charge on any atom is 0.264 e. The molecule has 0 bridgehead atoms. The van der Waals surface area contributed by atoms with Crippen LogP contribution in [0.4, 0.5) is 0 Å². The van der Waals surface area contributed by atoms with Gasteiger partial charge >= 0.3 is 0 Å². The smallest absolute Gasteiger partial charge is 0.264 e. The molecule has 0 atom stereocenters. The highest BCUT2D eigenvalue weighted by molar-refractivity contribution is 7.85. The minimum absolute atomic E-state index is 0.201. The van der Waals surface area contributed by atoms with Gasteiger partial charge in [-0.25, -0.2) is 0 Å². The Morgan fingerprint density at radius 3 is 1.78 bits per heavy atom. The van der Waals surface area contributed by atoms with Crippen molar-refractivity contribution in [3.05, 3.63) is 0 Å². The van der Waals surface area contributed by atoms with Crippen molar-refractivity contribution in [3.8, 4) is 0 Å². The molecular formula is C13H28O4S. The second-order valence-corrected chi connectivity index (χ2v) is 6.02. The third-order valence-electron chi connectivity index (χ3n) is 2.57. The average Bonchev–Trinajstić information content (AvgIpc) is 2.33. The van der Waals surface area contributed by atoms with Crippen LogP contribution in [0.3, 0.4) is 0 Å². The van der Waals surface area contributed by atoms with Crippen LogP contribution < -0.4 is 0 Å². The van der Waals surface area contributed by atoms with Crippen molar-refractivity contribution in [3.63, 3.8) is 0 Å². The van der Waals surface area contributed by atoms with E-state index in [0.717, 1.165) is 19.3 Å². The summed E-state index contributed by atoms with van der Waals surface area (Å²) in [6.45, 7) is 5.54. The van der Waals surface area contributed by atoms with Gasteiger partial charge in [-0.05, 0) is 13.3 Å². The maximum absolute atomic E-state index is 10.9. The first-order valence-corrected chi connectivity index (χ1v) is 8.45. The van der Waals surface area contributed by atoms with Gasteiger partial charge in [-0.2, -0.15) is 8.42 Å². The Bertz CT molecular complexity index is 283. The van der Waals surface area contributed by atoms with Gasteiger partial charge in [0.25, 0.3) is 10.1 Å². The Kier molecular flexibility index (Phi) is 14.4. The third-order valence-corrected chi connectivity index (χ3v) is 3.30. The normalized spacial score (nSPS) is 10.7. The minimum Gasteiger partial charge on any atom is -0.300 e. The van der Waals surface area contributed by atoms with Crippen LogP contribution in [0.1, 0.15) is 72.1 Å². The lowest BCUT2D eigenvalue weighted by molar-refractivity contribution is -0.118. The summed E-state index contributed by atoms with van der Waals surface area (Å²) in [6, 6.07) is 0. The van der Waals surface area contributed by atoms with Crippen LogP contribution in [-0.4, -0.2) is 24.5 Å². The van der Waals surface area contributed by atoms with E-state index in [1.165, 1.54) is 39.0 Å². The molecule has 4 nitrogen and oxygen atoms in total. The van der Waals surface area contributed by atoms with E-state index in [4.69, 9.17) is 4.55 Å². The number of carbonyl (C=O) groups excluding carboxylic acids is 1. The van der Waals surface area contributed by atoms with Gasteiger partial charge in [0, 0.05) is 12.8 Å². The van der Waals surface area contributed by atoms with E-state index in [-0.39, 0.29) is 5.75 Å². The van der Waals surface area contributed by atoms with E-state index in [2.05, 4.69) is 6.92 Å². The summed E-state index contributed by atoms with van der Waals surface area (Å²) in [7, 11) is -3.66. The summed E-state index contributed by atoms with van der Waals surface area (Å²) in [5.74, 6) is 0.220. The van der Waals surface area contributed by atoms with E-state index in [1.54, 1.807) is 0 Å². The van der Waals surface area contributed by atoms with Crippen molar-refractivity contribution in [1.82, 2.24) is 0 Å². The summed E-state index contributed by atoms with van der Waals surface area (Å²) < 4.78 is 26.9. The van der Waals surface area contributed by atoms with Crippen molar-refractivity contribution in [2.24, 2.45) is 0 Å². The molecule has 0 amide bonds. The highest BCUT2D eigenvalue weighted by atomic mass is 32.2. The first-order valence-electron chi connectivity index (χ1n) is 6.84. The Morgan fingerprint density at radius 1 is 0.944 bits per heavy atom. The molecule has 0 spiro atoms. The summed E-state index contributed by atoms with van der Waals surface area (Å²) in [4.78, 5) is 10.9. The molecule has 0 fully saturated rings. The van der Waals surface area contributed by atoms with Crippen LogP contribution in [0, 0.1) is 0 Å². The van der Waals surface area contributed by atoms with Crippen molar-refractivity contribution in [2.45, 2.75) is 72.1 Å². The van der Waals surface area contributed by atoms with E-state index < -0.39 is 10.1 Å². The number of hydrogen-bond donors (Lipinski definition) is 1. The van der Waals surface area contributed by atoms with Crippen molar-refractivity contribution in [2.75, 3.05) is 5.75 Å². The van der Waals surface area contributed by atoms with Gasteiger partial charge in [0.1, 0.15) is 5.78 Å². The molecule has 0 aromatic carbocycles. The number of ketones is 1. The lowest BCUT2D eigenvalue weighted by Crippen LogP contribution is -1.97. The molecule has 0 aliphatic heterocycles. The van der Waals surface area contributed by atoms with Crippen molar-refractivity contribution in [1.29, 1.82) is 0 Å². The molecule has 0 saturated carbocycles. The van der Waals surface area contributed by atoms with Crippen LogP contribution in [0.25, 0.3) is 0 Å². The van der Waals surface area contributed by atoms with Gasteiger partial charge in [-0.3, -0.25) is 9.35 Å². The molecule has 110 valence electrons. The maximum atomic E-state index is 10.9. The molecule has 0 aromatic rings. The van der Waals surface area contributed by atoms with Gasteiger partial charge in [-0.15, -0.1) is 0 Å². The SMILES string of the molecule is CCCCCCCCC(=O)CC.CCS(=O)(=O)O. The van der Waals surface area contributed by atoms with E-state index in [9.17, 15) is 13.2 Å². The Balaban J connectivity index is 0. The topological polar surface area (TPSA) is 71.4 Å². The fourth-order valence-corrected chi connectivity index (χ4v) is 1.28. The third kappa shape index (κ3) is 20.9. The van der Waals surface area contributed by atoms with Gasteiger partial charge in [0.05, 0.1) is 5.75 Å². The second kappa shape index (κ2) is 13.0. The number of rotatable bonds is 9. The number of carbonyl (C=O) groups is 1. The first-order chi connectivity index (χ1) is 8.37. The standard InChI is InChI=1S/C11H22O.C2H6O3S/c1-3-5-6-7-8-9-10-11(12)4-2;1-2-6(3,4)5/h3-10H2,1-2H3;2H2,1H3,(H,3,4,5). The molecule has 0 saturated heterocycles. The fourth-order valence-electron chi connectivity index (χ4n) is 1.28. The van der Waals surface area contributed by atoms with Gasteiger partial charge < -0.3 is 0 Å². The minimum atomic E-state index is -3.66. The van der Waals surface area contributed by atoms with Gasteiger partial charge in [0.2, 0.25) is 0 Å². The lowest BCUT2D eigenvalue weighted by atomic mass is 10.1. The van der Waals surface area contributed by atoms with Crippen LogP contribution in [-0.2, 0) is 14.9 Å². The zero-order valence-electron chi connectivity index (χ0n) is 11.9. The Hall–Kier alpha value is -0.420. The molecule has 0 heterocycles. The predicted molar refractivity (Wildman–Crippen MR) is 75.4 cm³/mol. The van der Waals surface area contributed by atoms with E-state index in [1.807, 2.05) is 6.92 Å². The Morgan fingerprint density at radius 2 is 1.39 bits per heavy atom. The van der Waals surface area contributed by atoms with Crippen molar-refractivity contribution >= 4 is 15.9 Å². The number of Topliss-reactive ketones (excluding diaryl/α,β-unsaturated/α-hetero) is 1. The molecule has 5 heteroatoms. The monoisotopic (exact) mass is 280 g/mol. The zero-order valence-corrected chi connectivity index (χ0v) is 12.8. The predicted octanol–water partition coefficient (Wildman–Crippen LogP) is 3.61. The molecule has 0 aliphatic carbocycles. The molecule has 0 aromatic heterocycles. The molecule has 0 rings (SSSR count). The number of hydrogen-bond acceptors (Lipinski definition) is 3. The first kappa shape index (κ1) is 19.9. The highest BCUT2D eigenvalue weighted by Crippen LogP contribution is 2.07. The lowest BCUT2D eigenvalue weighted by Gasteiger charge is -1.98. The summed E-state index contributed by atoms with van der Waals surface area (Å²) >= 11 is 0. The number of unbranched alkanes of at least 4 members (excludes halogenated alkanes) is 5. The van der Waals surface area contributed by atoms with Crippen LogP contribution in [0.15, 0.2) is 0 Å². The zero-order chi connectivity index (χ0) is 14.4. The second-order valence-electron chi connectivity index (χ2n) is 4.28.